The average Bonchev–Trinajstić information content (AvgIpc) is 2.49. The van der Waals surface area contributed by atoms with Gasteiger partial charge in [0.25, 0.3) is 5.91 Å². The molecule has 436 valence electrons. The van der Waals surface area contributed by atoms with Crippen LogP contribution in [0.5, 0.6) is 0 Å². The number of para-hydroxylation sites is 2. The fourth-order valence-corrected chi connectivity index (χ4v) is 10.3. The van der Waals surface area contributed by atoms with E-state index < -0.39 is 60.9 Å². The SMILES string of the molecule is CC(C)c1c(C(=O)Nc2ccccc2)c(-c2ccccc2)c(-c2ccc(F)cc2)n1CC[C@@H](O)C[C@@H](O)CC(=O)O.CC(C)c1c(C([O-])=Nc2ccccc2)c(-c2ccccc2)c(-c2ccc(F)cc2)n1CC[C@@H](O)C[C@@H](O)CC(=O)[O-].O.[Ca+2]. The molecule has 0 saturated heterocycles. The predicted molar refractivity (Wildman–Crippen MR) is 319 cm³/mol. The fraction of sp³-hybridized carbons (Fsp3) is 0.273. The number of carbonyl (C=O) groups is 3. The second-order valence-electron chi connectivity index (χ2n) is 20.7. The third kappa shape index (κ3) is 17.9. The van der Waals surface area contributed by atoms with E-state index in [-0.39, 0.29) is 106 Å². The molecule has 8 aromatic rings. The smallest absolute Gasteiger partial charge is 0.858 e. The number of hydrogen-bond acceptors (Lipinski definition) is 10. The summed E-state index contributed by atoms with van der Waals surface area (Å²) in [6, 6.07) is 49.2. The molecule has 0 aliphatic rings. The first kappa shape index (κ1) is 67.5. The van der Waals surface area contributed by atoms with Crippen molar-refractivity contribution < 1.29 is 64.4 Å². The van der Waals surface area contributed by atoms with Gasteiger partial charge in [-0.25, -0.2) is 8.78 Å². The van der Waals surface area contributed by atoms with Crippen LogP contribution >= 0.6 is 0 Å². The standard InChI is InChI=1S/2C33H35FN2O5.Ca.H2O/c2*1-21(2)31-30(33(41)35-25-11-7-4-8-12-25)29(22-9-5-3-6-10-22)32(23-13-15-24(34)16-14-23)36(31)18-17-26(37)19-27(38)20-28(39)40;;/h2*3-16,21,26-27,37-38H,17-20H2,1-2H3,(H,35,41)(H,39,40);;1H2/q;;+2;/p-2/t2*26-,27-;;/m11../s1. The second kappa shape index (κ2) is 32.1. The number of nitrogens with zero attached hydrogens (tertiary/aromatic N) is 3. The number of aliphatic hydroxyl groups excluding tert-OH is 4. The van der Waals surface area contributed by atoms with Crippen LogP contribution in [-0.2, 0) is 22.7 Å². The van der Waals surface area contributed by atoms with Gasteiger partial charge in [-0.2, -0.15) is 0 Å². The number of aliphatic imine (C=N–C) groups is 1. The number of aliphatic hydroxyl groups is 4. The number of nitrogens with one attached hydrogen (secondary N) is 1. The van der Waals surface area contributed by atoms with Crippen molar-refractivity contribution in [3.63, 3.8) is 0 Å². The Kier molecular flexibility index (Phi) is 25.8. The number of carbonyl (C=O) groups excluding carboxylic acids is 2. The molecule has 0 aliphatic heterocycles. The molecule has 0 bridgehead atoms. The van der Waals surface area contributed by atoms with Gasteiger partial charge < -0.3 is 60.5 Å². The predicted octanol–water partition coefficient (Wildman–Crippen LogP) is 9.27. The van der Waals surface area contributed by atoms with E-state index in [4.69, 9.17) is 5.11 Å². The molecule has 0 fully saturated rings. The summed E-state index contributed by atoms with van der Waals surface area (Å²) in [5.41, 5.74) is 9.19. The van der Waals surface area contributed by atoms with Crippen LogP contribution in [0.25, 0.3) is 44.8 Å². The quantitative estimate of drug-likeness (QED) is 0.0190. The summed E-state index contributed by atoms with van der Waals surface area (Å²) < 4.78 is 32.0. The summed E-state index contributed by atoms with van der Waals surface area (Å²) in [4.78, 5) is 40.3. The van der Waals surface area contributed by atoms with Gasteiger partial charge in [-0.05, 0) is 138 Å². The average molecular weight is 1170 g/mol. The van der Waals surface area contributed by atoms with Crippen molar-refractivity contribution in [1.29, 1.82) is 0 Å². The van der Waals surface area contributed by atoms with Gasteiger partial charge in [-0.1, -0.05) is 125 Å². The molecule has 15 nitrogen and oxygen atoms in total. The monoisotopic (exact) mass is 1170 g/mol. The van der Waals surface area contributed by atoms with Gasteiger partial charge in [-0.3, -0.25) is 14.6 Å². The zero-order valence-electron chi connectivity index (χ0n) is 47.4. The third-order valence-electron chi connectivity index (χ3n) is 13.8. The summed E-state index contributed by atoms with van der Waals surface area (Å²) in [6.45, 7) is 8.43. The number of carboxylic acid groups (broad SMARTS) is 2. The number of aromatic nitrogens is 2. The third-order valence-corrected chi connectivity index (χ3v) is 13.8. The van der Waals surface area contributed by atoms with Crippen molar-refractivity contribution >= 4 is 72.9 Å². The Hall–Kier alpha value is -7.32. The molecular formula is C66H70CaF2N4O11. The summed E-state index contributed by atoms with van der Waals surface area (Å²) in [7, 11) is 0. The molecule has 18 heteroatoms. The summed E-state index contributed by atoms with van der Waals surface area (Å²) in [5.74, 6) is -4.29. The van der Waals surface area contributed by atoms with Gasteiger partial charge in [0.2, 0.25) is 0 Å². The molecule has 84 heavy (non-hydrogen) atoms. The van der Waals surface area contributed by atoms with Crippen molar-refractivity contribution in [3.8, 4) is 44.8 Å². The number of rotatable bonds is 24. The van der Waals surface area contributed by atoms with Crippen LogP contribution in [0.2, 0.25) is 0 Å². The summed E-state index contributed by atoms with van der Waals surface area (Å²) >= 11 is 0. The number of carboxylic acids is 2. The first-order valence-corrected chi connectivity index (χ1v) is 27.3. The largest absolute Gasteiger partial charge is 2.00 e. The van der Waals surface area contributed by atoms with Crippen LogP contribution in [0.3, 0.4) is 0 Å². The minimum absolute atomic E-state index is 0. The summed E-state index contributed by atoms with van der Waals surface area (Å²) in [5, 5.41) is 78.3. The minimum atomic E-state index is -1.39. The van der Waals surface area contributed by atoms with Crippen LogP contribution in [0.1, 0.15) is 105 Å². The van der Waals surface area contributed by atoms with E-state index in [9.17, 15) is 53.8 Å². The number of halogens is 2. The molecule has 0 spiro atoms. The Morgan fingerprint density at radius 2 is 0.905 bits per heavy atom. The van der Waals surface area contributed by atoms with E-state index in [1.165, 1.54) is 24.3 Å². The molecular weight excluding hydrogens is 1100 g/mol. The Labute approximate surface area is 517 Å². The Bertz CT molecular complexity index is 3420. The van der Waals surface area contributed by atoms with Crippen LogP contribution in [0.4, 0.5) is 20.2 Å². The molecule has 8 N–H and O–H groups in total. The number of benzene rings is 6. The number of anilines is 1. The topological polar surface area (TPSA) is 264 Å². The maximum atomic E-state index is 14.0. The van der Waals surface area contributed by atoms with E-state index in [0.29, 0.717) is 61.8 Å². The zero-order valence-corrected chi connectivity index (χ0v) is 49.6. The second-order valence-corrected chi connectivity index (χ2v) is 20.7. The molecule has 1 amide bonds. The first-order valence-electron chi connectivity index (χ1n) is 27.3. The maximum Gasteiger partial charge on any atom is 2.00 e. The molecule has 2 heterocycles. The molecule has 0 radical (unpaired) electrons. The van der Waals surface area contributed by atoms with Gasteiger partial charge in [0.15, 0.2) is 0 Å². The molecule has 8 rings (SSSR count). The van der Waals surface area contributed by atoms with Crippen molar-refractivity contribution in [2.45, 2.75) is 116 Å². The maximum absolute atomic E-state index is 14.0. The van der Waals surface area contributed by atoms with Crippen molar-refractivity contribution in [3.05, 3.63) is 204 Å². The van der Waals surface area contributed by atoms with Gasteiger partial charge in [-0.15, -0.1) is 0 Å². The zero-order chi connectivity index (χ0) is 59.0. The van der Waals surface area contributed by atoms with Crippen LogP contribution in [0, 0.1) is 11.6 Å². The van der Waals surface area contributed by atoms with Gasteiger partial charge >= 0.3 is 43.7 Å². The van der Waals surface area contributed by atoms with E-state index >= 15 is 0 Å². The van der Waals surface area contributed by atoms with E-state index in [1.54, 1.807) is 48.5 Å². The van der Waals surface area contributed by atoms with E-state index in [2.05, 4.69) is 10.3 Å². The van der Waals surface area contributed by atoms with Gasteiger partial charge in [0, 0.05) is 59.2 Å². The Balaban J connectivity index is 0.000000300. The summed E-state index contributed by atoms with van der Waals surface area (Å²) in [6.07, 6.45) is -5.31. The Morgan fingerprint density at radius 1 is 0.524 bits per heavy atom. The van der Waals surface area contributed by atoms with Crippen molar-refractivity contribution in [1.82, 2.24) is 9.13 Å². The van der Waals surface area contributed by atoms with Crippen LogP contribution in [0.15, 0.2) is 175 Å². The molecule has 0 saturated carbocycles. The molecule has 0 aliphatic carbocycles. The van der Waals surface area contributed by atoms with Gasteiger partial charge in [0.05, 0.1) is 53.5 Å². The van der Waals surface area contributed by atoms with E-state index in [1.807, 2.05) is 134 Å². The van der Waals surface area contributed by atoms with Crippen molar-refractivity contribution in [2.75, 3.05) is 5.32 Å². The van der Waals surface area contributed by atoms with Crippen LogP contribution < -0.4 is 15.5 Å². The number of aliphatic carboxylic acids is 2. The Morgan fingerprint density at radius 3 is 1.31 bits per heavy atom. The molecule has 4 atom stereocenters. The molecule has 0 unspecified atom stereocenters. The molecule has 6 aromatic carbocycles. The first-order chi connectivity index (χ1) is 39.3. The fourth-order valence-electron chi connectivity index (χ4n) is 10.3. The van der Waals surface area contributed by atoms with Crippen LogP contribution in [-0.4, -0.2) is 126 Å². The number of amides is 1. The molecule has 2 aromatic heterocycles. The normalized spacial score (nSPS) is 12.7. The number of hydrogen-bond donors (Lipinski definition) is 6. The minimum Gasteiger partial charge on any atom is -0.858 e. The van der Waals surface area contributed by atoms with Gasteiger partial charge in [0.1, 0.15) is 11.6 Å². The van der Waals surface area contributed by atoms with E-state index in [0.717, 1.165) is 16.8 Å². The van der Waals surface area contributed by atoms with Crippen molar-refractivity contribution in [2.24, 2.45) is 4.99 Å².